The van der Waals surface area contributed by atoms with E-state index in [1.165, 1.54) is 6.08 Å². The number of rotatable bonds is 8. The maximum Gasteiger partial charge on any atom is 0.331 e. The van der Waals surface area contributed by atoms with Gasteiger partial charge in [0.2, 0.25) is 0 Å². The lowest BCUT2D eigenvalue weighted by atomic mass is 10.2. The normalized spacial score (nSPS) is 10.9. The van der Waals surface area contributed by atoms with Gasteiger partial charge in [-0.15, -0.1) is 11.3 Å². The minimum Gasteiger partial charge on any atom is -0.497 e. The Balaban J connectivity index is 1.50. The number of ether oxygens (including phenoxy) is 2. The number of methoxy groups -OCH3 is 1. The predicted octanol–water partition coefficient (Wildman–Crippen LogP) is 3.43. The third-order valence-electron chi connectivity index (χ3n) is 4.45. The molecule has 2 heterocycles. The Morgan fingerprint density at radius 3 is 2.83 bits per heavy atom. The molecule has 0 saturated heterocycles. The molecule has 0 saturated carbocycles. The van der Waals surface area contributed by atoms with Crippen molar-refractivity contribution in [1.82, 2.24) is 14.9 Å². The first kappa shape index (κ1) is 21.3. The van der Waals surface area contributed by atoms with Gasteiger partial charge < -0.3 is 14.8 Å². The van der Waals surface area contributed by atoms with E-state index in [1.54, 1.807) is 30.7 Å². The fourth-order valence-corrected chi connectivity index (χ4v) is 3.71. The summed E-state index contributed by atoms with van der Waals surface area (Å²) in [7, 11) is 1.58. The summed E-state index contributed by atoms with van der Waals surface area (Å²) in [5, 5.41) is 5.50. The van der Waals surface area contributed by atoms with E-state index in [0.717, 1.165) is 27.6 Å². The van der Waals surface area contributed by atoms with E-state index in [0.29, 0.717) is 12.3 Å². The van der Waals surface area contributed by atoms with Crippen LogP contribution in [0.15, 0.2) is 48.0 Å². The van der Waals surface area contributed by atoms with Crippen LogP contribution in [-0.2, 0) is 20.9 Å². The highest BCUT2D eigenvalue weighted by Gasteiger charge is 2.11. The molecular formula is C22H23N3O4S. The first-order valence-corrected chi connectivity index (χ1v) is 10.2. The van der Waals surface area contributed by atoms with Gasteiger partial charge in [-0.3, -0.25) is 9.36 Å². The Bertz CT molecular complexity index is 1050. The van der Waals surface area contributed by atoms with Gasteiger partial charge in [0.05, 0.1) is 7.11 Å². The van der Waals surface area contributed by atoms with Crippen LogP contribution in [0.25, 0.3) is 11.2 Å². The molecule has 1 N–H and O–H groups in total. The van der Waals surface area contributed by atoms with E-state index < -0.39 is 5.97 Å². The fourth-order valence-electron chi connectivity index (χ4n) is 2.95. The Morgan fingerprint density at radius 2 is 2.10 bits per heavy atom. The van der Waals surface area contributed by atoms with Crippen molar-refractivity contribution in [3.63, 3.8) is 0 Å². The van der Waals surface area contributed by atoms with Crippen LogP contribution in [0.3, 0.4) is 0 Å². The number of nitrogens with zero attached hydrogens (tertiary/aromatic N) is 2. The standard InChI is InChI=1S/C22H23N3O4S/c1-15-11-18(16(2)25(15)22-23-9-10-30-22)7-8-21(27)29-14-20(26)24-13-17-5-4-6-19(12-17)28-3/h4-12H,13-14H2,1-3H3,(H,24,26)/b8-7+. The SMILES string of the molecule is COc1cccc(CNC(=O)COC(=O)/C=C/c2cc(C)n(-c3nccs3)c2C)c1. The number of esters is 1. The summed E-state index contributed by atoms with van der Waals surface area (Å²) >= 11 is 1.54. The number of amides is 1. The lowest BCUT2D eigenvalue weighted by molar-refractivity contribution is -0.143. The molecule has 3 rings (SSSR count). The zero-order valence-electron chi connectivity index (χ0n) is 17.0. The van der Waals surface area contributed by atoms with Crippen molar-refractivity contribution in [2.75, 3.05) is 13.7 Å². The van der Waals surface area contributed by atoms with Crippen molar-refractivity contribution in [3.05, 3.63) is 70.5 Å². The average Bonchev–Trinajstić information content (AvgIpc) is 3.36. The zero-order chi connectivity index (χ0) is 21.5. The second-order valence-electron chi connectivity index (χ2n) is 6.55. The quantitative estimate of drug-likeness (QED) is 0.442. The summed E-state index contributed by atoms with van der Waals surface area (Å²) in [6, 6.07) is 9.35. The van der Waals surface area contributed by atoms with Crippen LogP contribution in [-0.4, -0.2) is 35.1 Å². The van der Waals surface area contributed by atoms with Crippen LogP contribution in [0.1, 0.15) is 22.5 Å². The molecule has 0 aliphatic heterocycles. The van der Waals surface area contributed by atoms with Crippen molar-refractivity contribution in [2.24, 2.45) is 0 Å². The molecule has 156 valence electrons. The summed E-state index contributed by atoms with van der Waals surface area (Å²) in [5.74, 6) is -0.236. The summed E-state index contributed by atoms with van der Waals surface area (Å²) in [4.78, 5) is 28.2. The molecule has 2 aromatic heterocycles. The van der Waals surface area contributed by atoms with Crippen molar-refractivity contribution in [2.45, 2.75) is 20.4 Å². The molecule has 0 aliphatic rings. The van der Waals surface area contributed by atoms with Gasteiger partial charge in [-0.05, 0) is 49.2 Å². The van der Waals surface area contributed by atoms with Crippen molar-refractivity contribution in [1.29, 1.82) is 0 Å². The second-order valence-corrected chi connectivity index (χ2v) is 7.42. The number of thiazole rings is 1. The van der Waals surface area contributed by atoms with E-state index in [9.17, 15) is 9.59 Å². The van der Waals surface area contributed by atoms with Gasteiger partial charge in [0.25, 0.3) is 5.91 Å². The highest BCUT2D eigenvalue weighted by Crippen LogP contribution is 2.23. The van der Waals surface area contributed by atoms with Crippen molar-refractivity contribution < 1.29 is 19.1 Å². The Hall–Kier alpha value is -3.39. The first-order chi connectivity index (χ1) is 14.5. The lowest BCUT2D eigenvalue weighted by Gasteiger charge is -2.07. The van der Waals surface area contributed by atoms with Crippen LogP contribution in [0.5, 0.6) is 5.75 Å². The van der Waals surface area contributed by atoms with Gasteiger partial charge in [0, 0.05) is 35.6 Å². The highest BCUT2D eigenvalue weighted by molar-refractivity contribution is 7.12. The van der Waals surface area contributed by atoms with Crippen LogP contribution in [0.4, 0.5) is 0 Å². The number of benzene rings is 1. The number of nitrogens with one attached hydrogen (secondary N) is 1. The highest BCUT2D eigenvalue weighted by atomic mass is 32.1. The summed E-state index contributed by atoms with van der Waals surface area (Å²) in [6.07, 6.45) is 4.76. The maximum absolute atomic E-state index is 12.0. The zero-order valence-corrected chi connectivity index (χ0v) is 17.9. The Labute approximate surface area is 179 Å². The average molecular weight is 426 g/mol. The number of carbonyl (C=O) groups is 2. The molecule has 0 atom stereocenters. The van der Waals surface area contributed by atoms with Crippen molar-refractivity contribution >= 4 is 29.3 Å². The smallest absolute Gasteiger partial charge is 0.331 e. The molecule has 1 aromatic carbocycles. The monoisotopic (exact) mass is 425 g/mol. The Morgan fingerprint density at radius 1 is 1.27 bits per heavy atom. The van der Waals surface area contributed by atoms with Crippen molar-refractivity contribution in [3.8, 4) is 10.9 Å². The maximum atomic E-state index is 12.0. The number of aryl methyl sites for hydroxylation is 1. The minimum atomic E-state index is -0.578. The molecule has 3 aromatic rings. The Kier molecular flexibility index (Phi) is 7.03. The molecule has 0 spiro atoms. The predicted molar refractivity (Wildman–Crippen MR) is 116 cm³/mol. The van der Waals surface area contributed by atoms with Crippen LogP contribution in [0, 0.1) is 13.8 Å². The molecule has 0 bridgehead atoms. The lowest BCUT2D eigenvalue weighted by Crippen LogP contribution is -2.28. The molecule has 8 heteroatoms. The third kappa shape index (κ3) is 5.36. The number of aromatic nitrogens is 2. The van der Waals surface area contributed by atoms with Gasteiger partial charge in [0.1, 0.15) is 5.75 Å². The molecule has 1 amide bonds. The largest absolute Gasteiger partial charge is 0.497 e. The molecule has 0 unspecified atom stereocenters. The minimum absolute atomic E-state index is 0.326. The molecule has 30 heavy (non-hydrogen) atoms. The van der Waals surface area contributed by atoms with Crippen LogP contribution >= 0.6 is 11.3 Å². The topological polar surface area (TPSA) is 82.5 Å². The van der Waals surface area contributed by atoms with E-state index in [1.807, 2.05) is 54.1 Å². The van der Waals surface area contributed by atoms with Crippen LogP contribution in [0.2, 0.25) is 0 Å². The molecule has 0 aliphatic carbocycles. The summed E-state index contributed by atoms with van der Waals surface area (Å²) in [6.45, 7) is 3.93. The molecule has 0 fully saturated rings. The number of hydrogen-bond donors (Lipinski definition) is 1. The summed E-state index contributed by atoms with van der Waals surface area (Å²) in [5.41, 5.74) is 3.78. The van der Waals surface area contributed by atoms with E-state index in [2.05, 4.69) is 10.3 Å². The second kappa shape index (κ2) is 9.89. The van der Waals surface area contributed by atoms with Gasteiger partial charge in [-0.1, -0.05) is 12.1 Å². The van der Waals surface area contributed by atoms with Gasteiger partial charge in [-0.25, -0.2) is 9.78 Å². The molecule has 0 radical (unpaired) electrons. The van der Waals surface area contributed by atoms with Gasteiger partial charge in [-0.2, -0.15) is 0 Å². The molecule has 7 nitrogen and oxygen atoms in total. The van der Waals surface area contributed by atoms with Gasteiger partial charge >= 0.3 is 5.97 Å². The molecular weight excluding hydrogens is 402 g/mol. The number of carbonyl (C=O) groups excluding carboxylic acids is 2. The van der Waals surface area contributed by atoms with E-state index >= 15 is 0 Å². The first-order valence-electron chi connectivity index (χ1n) is 9.31. The number of hydrogen-bond acceptors (Lipinski definition) is 6. The van der Waals surface area contributed by atoms with Crippen LogP contribution < -0.4 is 10.1 Å². The summed E-state index contributed by atoms with van der Waals surface area (Å²) < 4.78 is 12.2. The fraction of sp³-hybridized carbons (Fsp3) is 0.227. The third-order valence-corrected chi connectivity index (χ3v) is 5.21. The van der Waals surface area contributed by atoms with E-state index in [-0.39, 0.29) is 12.5 Å². The van der Waals surface area contributed by atoms with E-state index in [4.69, 9.17) is 9.47 Å². The van der Waals surface area contributed by atoms with Gasteiger partial charge in [0.15, 0.2) is 11.7 Å².